The van der Waals surface area contributed by atoms with Gasteiger partial charge in [0.2, 0.25) is 0 Å². The van der Waals surface area contributed by atoms with E-state index >= 15 is 0 Å². The van der Waals surface area contributed by atoms with Gasteiger partial charge in [0.05, 0.1) is 7.11 Å². The molecule has 0 saturated heterocycles. The fourth-order valence-electron chi connectivity index (χ4n) is 3.00. The number of methoxy groups -OCH3 is 1. The number of rotatable bonds is 4. The van der Waals surface area contributed by atoms with Gasteiger partial charge in [-0.3, -0.25) is 0 Å². The largest absolute Gasteiger partial charge is 0.496 e. The van der Waals surface area contributed by atoms with Crippen LogP contribution < -0.4 is 10.1 Å². The molecule has 1 N–H and O–H groups in total. The summed E-state index contributed by atoms with van der Waals surface area (Å²) < 4.78 is 5.28. The van der Waals surface area contributed by atoms with Crippen molar-refractivity contribution >= 4 is 5.69 Å². The van der Waals surface area contributed by atoms with Crippen molar-refractivity contribution in [2.24, 2.45) is 11.8 Å². The minimum absolute atomic E-state index is 0.844. The van der Waals surface area contributed by atoms with Crippen molar-refractivity contribution in [3.63, 3.8) is 0 Å². The first kappa shape index (κ1) is 13.3. The molecule has 0 spiro atoms. The van der Waals surface area contributed by atoms with Crippen molar-refractivity contribution in [2.45, 2.75) is 39.5 Å². The maximum Gasteiger partial charge on any atom is 0.121 e. The molecule has 0 heterocycles. The highest BCUT2D eigenvalue weighted by Gasteiger charge is 2.18. The summed E-state index contributed by atoms with van der Waals surface area (Å²) in [6.07, 6.45) is 5.57. The van der Waals surface area contributed by atoms with E-state index in [9.17, 15) is 0 Å². The summed E-state index contributed by atoms with van der Waals surface area (Å²) >= 11 is 0. The molecule has 0 aliphatic heterocycles. The molecule has 2 nitrogen and oxygen atoms in total. The van der Waals surface area contributed by atoms with Crippen molar-refractivity contribution in [1.29, 1.82) is 0 Å². The van der Waals surface area contributed by atoms with Crippen molar-refractivity contribution in [1.82, 2.24) is 0 Å². The van der Waals surface area contributed by atoms with Gasteiger partial charge in [0, 0.05) is 12.2 Å². The Balaban J connectivity index is 1.88. The van der Waals surface area contributed by atoms with Crippen molar-refractivity contribution in [3.8, 4) is 5.75 Å². The van der Waals surface area contributed by atoms with Crippen LogP contribution >= 0.6 is 0 Å². The molecule has 2 heteroatoms. The fourth-order valence-corrected chi connectivity index (χ4v) is 3.00. The number of hydrogen-bond donors (Lipinski definition) is 1. The normalized spacial score (nSPS) is 23.7. The summed E-state index contributed by atoms with van der Waals surface area (Å²) in [6, 6.07) is 6.32. The number of anilines is 1. The lowest BCUT2D eigenvalue weighted by Crippen LogP contribution is -2.21. The third kappa shape index (κ3) is 3.41. The van der Waals surface area contributed by atoms with Crippen LogP contribution in [-0.2, 0) is 0 Å². The second-order valence-corrected chi connectivity index (χ2v) is 5.70. The summed E-state index contributed by atoms with van der Waals surface area (Å²) in [6.45, 7) is 5.58. The summed E-state index contributed by atoms with van der Waals surface area (Å²) in [5, 5.41) is 3.57. The van der Waals surface area contributed by atoms with Gasteiger partial charge >= 0.3 is 0 Å². The van der Waals surface area contributed by atoms with Crippen LogP contribution in [0.4, 0.5) is 5.69 Å². The molecule has 2 atom stereocenters. The Bertz CT molecular complexity index is 389. The van der Waals surface area contributed by atoms with Crippen LogP contribution in [0.5, 0.6) is 5.75 Å². The van der Waals surface area contributed by atoms with Crippen LogP contribution in [0.1, 0.15) is 38.2 Å². The molecular formula is C16H25NO. The quantitative estimate of drug-likeness (QED) is 0.859. The Morgan fingerprint density at radius 2 is 2.17 bits per heavy atom. The molecule has 0 aromatic heterocycles. The van der Waals surface area contributed by atoms with Gasteiger partial charge in [0.15, 0.2) is 0 Å². The second-order valence-electron chi connectivity index (χ2n) is 5.70. The third-order valence-electron chi connectivity index (χ3n) is 4.03. The van der Waals surface area contributed by atoms with Crippen LogP contribution in [0.3, 0.4) is 0 Å². The highest BCUT2D eigenvalue weighted by Crippen LogP contribution is 2.29. The minimum atomic E-state index is 0.844. The van der Waals surface area contributed by atoms with Crippen LogP contribution in [-0.4, -0.2) is 13.7 Å². The monoisotopic (exact) mass is 247 g/mol. The van der Waals surface area contributed by atoms with Crippen LogP contribution in [0.15, 0.2) is 18.2 Å². The first-order valence-electron chi connectivity index (χ1n) is 7.07. The molecule has 2 rings (SSSR count). The molecular weight excluding hydrogens is 222 g/mol. The van der Waals surface area contributed by atoms with Gasteiger partial charge in [0.25, 0.3) is 0 Å². The molecule has 1 aliphatic carbocycles. The van der Waals surface area contributed by atoms with Gasteiger partial charge in [-0.25, -0.2) is 0 Å². The molecule has 1 aliphatic rings. The van der Waals surface area contributed by atoms with E-state index in [1.165, 1.54) is 36.9 Å². The van der Waals surface area contributed by atoms with Gasteiger partial charge in [-0.1, -0.05) is 19.8 Å². The Morgan fingerprint density at radius 1 is 1.33 bits per heavy atom. The van der Waals surface area contributed by atoms with E-state index in [1.54, 1.807) is 7.11 Å². The highest BCUT2D eigenvalue weighted by molar-refractivity contribution is 5.50. The number of nitrogens with one attached hydrogen (secondary N) is 1. The number of ether oxygens (including phenoxy) is 1. The van der Waals surface area contributed by atoms with Crippen LogP contribution in [0.2, 0.25) is 0 Å². The highest BCUT2D eigenvalue weighted by atomic mass is 16.5. The molecule has 18 heavy (non-hydrogen) atoms. The summed E-state index contributed by atoms with van der Waals surface area (Å²) in [5.41, 5.74) is 2.41. The fraction of sp³-hybridized carbons (Fsp3) is 0.625. The average Bonchev–Trinajstić information content (AvgIpc) is 2.37. The SMILES string of the molecule is COc1ccc(NCC2CCCC(C)C2)cc1C. The van der Waals surface area contributed by atoms with Crippen molar-refractivity contribution < 1.29 is 4.74 Å². The lowest BCUT2D eigenvalue weighted by atomic mass is 9.82. The van der Waals surface area contributed by atoms with Crippen molar-refractivity contribution in [3.05, 3.63) is 23.8 Å². The zero-order valence-corrected chi connectivity index (χ0v) is 11.8. The summed E-state index contributed by atoms with van der Waals surface area (Å²) in [7, 11) is 1.72. The van der Waals surface area contributed by atoms with E-state index in [0.717, 1.165) is 24.1 Å². The summed E-state index contributed by atoms with van der Waals surface area (Å²) in [5.74, 6) is 2.71. The topological polar surface area (TPSA) is 21.3 Å². The molecule has 0 bridgehead atoms. The van der Waals surface area contributed by atoms with Gasteiger partial charge in [-0.2, -0.15) is 0 Å². The maximum absolute atomic E-state index is 5.28. The number of aryl methyl sites for hydroxylation is 1. The standard InChI is InChI=1S/C16H25NO/c1-12-5-4-6-14(9-12)11-17-15-7-8-16(18-3)13(2)10-15/h7-8,10,12,14,17H,4-6,9,11H2,1-3H3. The predicted octanol–water partition coefficient (Wildman–Crippen LogP) is 4.24. The number of hydrogen-bond acceptors (Lipinski definition) is 2. The molecule has 2 unspecified atom stereocenters. The predicted molar refractivity (Wildman–Crippen MR) is 77.3 cm³/mol. The van der Waals surface area contributed by atoms with E-state index in [4.69, 9.17) is 4.74 Å². The first-order chi connectivity index (χ1) is 8.69. The Morgan fingerprint density at radius 3 is 2.83 bits per heavy atom. The average molecular weight is 247 g/mol. The third-order valence-corrected chi connectivity index (χ3v) is 4.03. The molecule has 100 valence electrons. The molecule has 0 radical (unpaired) electrons. The van der Waals surface area contributed by atoms with Gasteiger partial charge < -0.3 is 10.1 Å². The van der Waals surface area contributed by atoms with Crippen LogP contribution in [0, 0.1) is 18.8 Å². The Hall–Kier alpha value is -1.18. The summed E-state index contributed by atoms with van der Waals surface area (Å²) in [4.78, 5) is 0. The van der Waals surface area contributed by atoms with E-state index in [1.807, 2.05) is 6.07 Å². The Labute approximate surface area is 111 Å². The van der Waals surface area contributed by atoms with E-state index in [2.05, 4.69) is 31.3 Å². The first-order valence-corrected chi connectivity index (χ1v) is 7.07. The van der Waals surface area contributed by atoms with E-state index in [0.29, 0.717) is 0 Å². The smallest absolute Gasteiger partial charge is 0.121 e. The Kier molecular flexibility index (Phi) is 4.51. The number of benzene rings is 1. The second kappa shape index (κ2) is 6.12. The molecule has 1 fully saturated rings. The van der Waals surface area contributed by atoms with E-state index in [-0.39, 0.29) is 0 Å². The van der Waals surface area contributed by atoms with Gasteiger partial charge in [-0.15, -0.1) is 0 Å². The molecule has 1 aromatic rings. The lowest BCUT2D eigenvalue weighted by molar-refractivity contribution is 0.293. The lowest BCUT2D eigenvalue weighted by Gasteiger charge is -2.27. The molecule has 0 amide bonds. The minimum Gasteiger partial charge on any atom is -0.496 e. The van der Waals surface area contributed by atoms with Gasteiger partial charge in [0.1, 0.15) is 5.75 Å². The van der Waals surface area contributed by atoms with Crippen LogP contribution in [0.25, 0.3) is 0 Å². The zero-order valence-electron chi connectivity index (χ0n) is 11.8. The maximum atomic E-state index is 5.28. The van der Waals surface area contributed by atoms with E-state index < -0.39 is 0 Å². The van der Waals surface area contributed by atoms with Gasteiger partial charge in [-0.05, 0) is 55.4 Å². The molecule has 1 aromatic carbocycles. The zero-order chi connectivity index (χ0) is 13.0. The molecule has 1 saturated carbocycles. The van der Waals surface area contributed by atoms with Crippen molar-refractivity contribution in [2.75, 3.05) is 19.0 Å².